The molecule has 0 nitrogen and oxygen atoms in total. The van der Waals surface area contributed by atoms with Crippen LogP contribution in [0.15, 0.2) is 66.8 Å². The highest BCUT2D eigenvalue weighted by Crippen LogP contribution is 2.38. The van der Waals surface area contributed by atoms with Gasteiger partial charge < -0.3 is 0 Å². The molecule has 1 atom stereocenters. The highest BCUT2D eigenvalue weighted by atomic mass is 14.2. The molecule has 0 amide bonds. The summed E-state index contributed by atoms with van der Waals surface area (Å²) >= 11 is 0. The Labute approximate surface area is 150 Å². The first-order chi connectivity index (χ1) is 12.2. The molecule has 4 rings (SSSR count). The largest absolute Gasteiger partial charge is 0.0871 e. The minimum atomic E-state index is 0.602. The molecule has 3 aromatic rings. The van der Waals surface area contributed by atoms with Gasteiger partial charge in [-0.05, 0) is 76.1 Å². The van der Waals surface area contributed by atoms with Gasteiger partial charge in [-0.15, -0.1) is 0 Å². The second kappa shape index (κ2) is 6.37. The molecule has 3 aromatic carbocycles. The van der Waals surface area contributed by atoms with Gasteiger partial charge in [-0.1, -0.05) is 73.7 Å². The lowest BCUT2D eigenvalue weighted by Crippen LogP contribution is -2.05. The first kappa shape index (κ1) is 15.9. The lowest BCUT2D eigenvalue weighted by Gasteiger charge is -2.21. The van der Waals surface area contributed by atoms with Crippen LogP contribution in [0.1, 0.15) is 37.5 Å². The molecular weight excluding hydrogens is 300 g/mol. The van der Waals surface area contributed by atoms with Crippen molar-refractivity contribution in [2.24, 2.45) is 5.92 Å². The maximum Gasteiger partial charge on any atom is -0.00960 e. The number of benzene rings is 3. The van der Waals surface area contributed by atoms with Crippen molar-refractivity contribution in [2.75, 3.05) is 0 Å². The van der Waals surface area contributed by atoms with E-state index in [0.29, 0.717) is 5.92 Å². The van der Waals surface area contributed by atoms with E-state index in [1.807, 2.05) is 0 Å². The van der Waals surface area contributed by atoms with E-state index in [4.69, 9.17) is 0 Å². The molecule has 1 aliphatic rings. The van der Waals surface area contributed by atoms with Crippen molar-refractivity contribution >= 4 is 33.2 Å². The van der Waals surface area contributed by atoms with E-state index in [0.717, 1.165) is 6.42 Å². The molecule has 0 bridgehead atoms. The standard InChI is InChI=1S/C25H24/c1-4-8-18(5-2)19-12-14-23-24-15-17(3)11-13-22(24)20-9-6-7-10-21(20)25(23)16-19/h4-14,16-17H,15H2,1-3H3/b8-4-,18-5+. The minimum Gasteiger partial charge on any atom is -0.0871 e. The molecule has 0 saturated carbocycles. The first-order valence-corrected chi connectivity index (χ1v) is 9.18. The van der Waals surface area contributed by atoms with Gasteiger partial charge in [0.25, 0.3) is 0 Å². The Morgan fingerprint density at radius 3 is 2.52 bits per heavy atom. The SMILES string of the molecule is C/C=C\C(=C/C)c1ccc2c3c(c4ccccc4c2c1)C=CC(C)C3. The van der Waals surface area contributed by atoms with E-state index < -0.39 is 0 Å². The molecule has 0 heteroatoms. The Hall–Kier alpha value is -2.60. The van der Waals surface area contributed by atoms with E-state index in [2.05, 4.69) is 93.6 Å². The van der Waals surface area contributed by atoms with E-state index in [1.165, 1.54) is 43.8 Å². The molecule has 0 heterocycles. The van der Waals surface area contributed by atoms with Gasteiger partial charge in [0.15, 0.2) is 0 Å². The van der Waals surface area contributed by atoms with Crippen LogP contribution in [0.3, 0.4) is 0 Å². The number of allylic oxidation sites excluding steroid dienone is 5. The molecule has 0 aliphatic heterocycles. The second-order valence-electron chi connectivity index (χ2n) is 6.98. The normalized spacial score (nSPS) is 17.6. The topological polar surface area (TPSA) is 0 Å². The molecule has 1 unspecified atom stereocenters. The van der Waals surface area contributed by atoms with Gasteiger partial charge in [0, 0.05) is 0 Å². The quantitative estimate of drug-likeness (QED) is 0.346. The van der Waals surface area contributed by atoms with E-state index in [1.54, 1.807) is 0 Å². The lowest BCUT2D eigenvalue weighted by molar-refractivity contribution is 0.722. The maximum absolute atomic E-state index is 2.37. The molecule has 25 heavy (non-hydrogen) atoms. The summed E-state index contributed by atoms with van der Waals surface area (Å²) in [6.07, 6.45) is 12.3. The van der Waals surface area contributed by atoms with Gasteiger partial charge in [-0.2, -0.15) is 0 Å². The fourth-order valence-corrected chi connectivity index (χ4v) is 4.07. The summed E-state index contributed by atoms with van der Waals surface area (Å²) in [4.78, 5) is 0. The number of hydrogen-bond donors (Lipinski definition) is 0. The molecule has 0 saturated heterocycles. The van der Waals surface area contributed by atoms with Gasteiger partial charge in [-0.3, -0.25) is 0 Å². The maximum atomic E-state index is 2.37. The van der Waals surface area contributed by atoms with Gasteiger partial charge in [0.05, 0.1) is 0 Å². The van der Waals surface area contributed by atoms with Crippen LogP contribution < -0.4 is 0 Å². The number of rotatable bonds is 2. The van der Waals surface area contributed by atoms with Crippen LogP contribution in [-0.2, 0) is 6.42 Å². The molecule has 0 radical (unpaired) electrons. The average Bonchev–Trinajstić information content (AvgIpc) is 2.65. The van der Waals surface area contributed by atoms with Crippen LogP contribution in [-0.4, -0.2) is 0 Å². The summed E-state index contributed by atoms with van der Waals surface area (Å²) in [5.74, 6) is 0.602. The number of fused-ring (bicyclic) bond motifs is 6. The smallest absolute Gasteiger partial charge is 0.00960 e. The fourth-order valence-electron chi connectivity index (χ4n) is 4.07. The van der Waals surface area contributed by atoms with E-state index >= 15 is 0 Å². The van der Waals surface area contributed by atoms with Gasteiger partial charge in [-0.25, -0.2) is 0 Å². The minimum absolute atomic E-state index is 0.602. The van der Waals surface area contributed by atoms with Crippen LogP contribution in [0.5, 0.6) is 0 Å². The van der Waals surface area contributed by atoms with Gasteiger partial charge in [0.1, 0.15) is 0 Å². The molecule has 0 N–H and O–H groups in total. The van der Waals surface area contributed by atoms with Crippen LogP contribution in [0.25, 0.3) is 33.2 Å². The molecule has 124 valence electrons. The van der Waals surface area contributed by atoms with Crippen molar-refractivity contribution < 1.29 is 0 Å². The molecule has 0 fully saturated rings. The molecule has 0 aromatic heterocycles. The fraction of sp³-hybridized carbons (Fsp3) is 0.200. The van der Waals surface area contributed by atoms with Crippen molar-refractivity contribution in [2.45, 2.75) is 27.2 Å². The summed E-state index contributed by atoms with van der Waals surface area (Å²) < 4.78 is 0. The van der Waals surface area contributed by atoms with Crippen molar-refractivity contribution in [1.82, 2.24) is 0 Å². The highest BCUT2D eigenvalue weighted by molar-refractivity contribution is 6.13. The van der Waals surface area contributed by atoms with Crippen LogP contribution >= 0.6 is 0 Å². The Balaban J connectivity index is 2.10. The Bertz CT molecular complexity index is 1040. The van der Waals surface area contributed by atoms with Gasteiger partial charge >= 0.3 is 0 Å². The summed E-state index contributed by atoms with van der Waals surface area (Å²) in [7, 11) is 0. The van der Waals surface area contributed by atoms with E-state index in [9.17, 15) is 0 Å². The third kappa shape index (κ3) is 2.62. The lowest BCUT2D eigenvalue weighted by atomic mass is 9.83. The first-order valence-electron chi connectivity index (χ1n) is 9.18. The number of hydrogen-bond acceptors (Lipinski definition) is 0. The predicted octanol–water partition coefficient (Wildman–Crippen LogP) is 7.18. The zero-order chi connectivity index (χ0) is 17.4. The molecule has 1 aliphatic carbocycles. The van der Waals surface area contributed by atoms with Crippen molar-refractivity contribution in [3.05, 3.63) is 83.5 Å². The van der Waals surface area contributed by atoms with E-state index in [-0.39, 0.29) is 0 Å². The summed E-state index contributed by atoms with van der Waals surface area (Å²) in [5.41, 5.74) is 5.48. The zero-order valence-electron chi connectivity index (χ0n) is 15.2. The van der Waals surface area contributed by atoms with Crippen molar-refractivity contribution in [3.63, 3.8) is 0 Å². The van der Waals surface area contributed by atoms with Crippen molar-refractivity contribution in [3.8, 4) is 0 Å². The van der Waals surface area contributed by atoms with Gasteiger partial charge in [0.2, 0.25) is 0 Å². The monoisotopic (exact) mass is 324 g/mol. The highest BCUT2D eigenvalue weighted by Gasteiger charge is 2.17. The third-order valence-corrected chi connectivity index (χ3v) is 5.29. The molecular formula is C25H24. The zero-order valence-corrected chi connectivity index (χ0v) is 15.2. The summed E-state index contributed by atoms with van der Waals surface area (Å²) in [5, 5.41) is 5.51. The Morgan fingerprint density at radius 2 is 1.76 bits per heavy atom. The van der Waals surface area contributed by atoms with Crippen LogP contribution in [0, 0.1) is 5.92 Å². The molecule has 0 spiro atoms. The Kier molecular flexibility index (Phi) is 4.05. The Morgan fingerprint density at radius 1 is 0.960 bits per heavy atom. The van der Waals surface area contributed by atoms with Crippen LogP contribution in [0.4, 0.5) is 0 Å². The average molecular weight is 324 g/mol. The van der Waals surface area contributed by atoms with Crippen molar-refractivity contribution in [1.29, 1.82) is 0 Å². The third-order valence-electron chi connectivity index (χ3n) is 5.29. The summed E-state index contributed by atoms with van der Waals surface area (Å²) in [6, 6.07) is 15.8. The van der Waals surface area contributed by atoms with Crippen LogP contribution in [0.2, 0.25) is 0 Å². The second-order valence-corrected chi connectivity index (χ2v) is 6.98. The summed E-state index contributed by atoms with van der Waals surface area (Å²) in [6.45, 7) is 6.49. The predicted molar refractivity (Wildman–Crippen MR) is 112 cm³/mol.